The van der Waals surface area contributed by atoms with Gasteiger partial charge >= 0.3 is 5.97 Å². The number of ether oxygens (including phenoxy) is 3. The summed E-state index contributed by atoms with van der Waals surface area (Å²) in [5.41, 5.74) is 0. The molecule has 0 aliphatic rings. The lowest BCUT2D eigenvalue weighted by atomic mass is 10.4. The van der Waals surface area contributed by atoms with Gasteiger partial charge in [0.05, 0.1) is 24.7 Å². The van der Waals surface area contributed by atoms with E-state index in [4.69, 9.17) is 24.9 Å². The van der Waals surface area contributed by atoms with Crippen LogP contribution in [0.15, 0.2) is 11.0 Å². The first kappa shape index (κ1) is 18.4. The van der Waals surface area contributed by atoms with Crippen molar-refractivity contribution in [1.82, 2.24) is 0 Å². The molecule has 0 N–H and O–H groups in total. The fourth-order valence-electron chi connectivity index (χ4n) is 1.45. The van der Waals surface area contributed by atoms with Crippen molar-refractivity contribution in [2.24, 2.45) is 0 Å². The summed E-state index contributed by atoms with van der Waals surface area (Å²) in [4.78, 5) is 12.4. The average molecular weight is 357 g/mol. The van der Waals surface area contributed by atoms with Crippen LogP contribution in [0.4, 0.5) is 0 Å². The monoisotopic (exact) mass is 356 g/mol. The molecule has 0 saturated heterocycles. The first-order chi connectivity index (χ1) is 9.86. The van der Waals surface area contributed by atoms with E-state index in [2.05, 4.69) is 0 Å². The largest absolute Gasteiger partial charge is 0.461 e. The zero-order valence-corrected chi connectivity index (χ0v) is 14.1. The Morgan fingerprint density at radius 2 is 2.00 bits per heavy atom. The third-order valence-electron chi connectivity index (χ3n) is 2.43. The number of aryl methyl sites for hydroxylation is 1. The van der Waals surface area contributed by atoms with Gasteiger partial charge in [0.15, 0.2) is 0 Å². The fourth-order valence-corrected chi connectivity index (χ4v) is 4.01. The summed E-state index contributed by atoms with van der Waals surface area (Å²) >= 11 is 1.04. The third-order valence-corrected chi connectivity index (χ3v) is 5.04. The molecule has 0 aliphatic carbocycles. The van der Waals surface area contributed by atoms with Crippen molar-refractivity contribution in [1.29, 1.82) is 0 Å². The molecule has 21 heavy (non-hydrogen) atoms. The van der Waals surface area contributed by atoms with E-state index in [-0.39, 0.29) is 16.4 Å². The summed E-state index contributed by atoms with van der Waals surface area (Å²) in [6.45, 7) is 3.25. The lowest BCUT2D eigenvalue weighted by molar-refractivity contribution is 0.0389. The second-order valence-electron chi connectivity index (χ2n) is 4.06. The Morgan fingerprint density at radius 3 is 2.57 bits per heavy atom. The second kappa shape index (κ2) is 8.70. The molecule has 0 radical (unpaired) electrons. The fraction of sp³-hybridized carbons (Fsp3) is 0.583. The highest BCUT2D eigenvalue weighted by molar-refractivity contribution is 8.13. The van der Waals surface area contributed by atoms with Crippen molar-refractivity contribution in [2.75, 3.05) is 33.5 Å². The number of hydrogen-bond donors (Lipinski definition) is 0. The Kier molecular flexibility index (Phi) is 7.61. The summed E-state index contributed by atoms with van der Waals surface area (Å²) in [5.74, 6) is -0.563. The number of methoxy groups -OCH3 is 1. The van der Waals surface area contributed by atoms with Crippen molar-refractivity contribution in [2.45, 2.75) is 18.2 Å². The molecule has 9 heteroatoms. The molecule has 120 valence electrons. The van der Waals surface area contributed by atoms with E-state index in [0.29, 0.717) is 31.1 Å². The van der Waals surface area contributed by atoms with Crippen LogP contribution in [0.5, 0.6) is 0 Å². The van der Waals surface area contributed by atoms with Gasteiger partial charge in [0, 0.05) is 35.7 Å². The van der Waals surface area contributed by atoms with E-state index in [9.17, 15) is 13.2 Å². The molecule has 1 rings (SSSR count). The third kappa shape index (κ3) is 6.31. The van der Waals surface area contributed by atoms with Gasteiger partial charge in [-0.3, -0.25) is 0 Å². The van der Waals surface area contributed by atoms with Crippen molar-refractivity contribution < 1.29 is 27.4 Å². The van der Waals surface area contributed by atoms with Crippen molar-refractivity contribution in [3.05, 3.63) is 15.8 Å². The summed E-state index contributed by atoms with van der Waals surface area (Å²) in [6, 6.07) is 1.24. The van der Waals surface area contributed by atoms with Crippen LogP contribution in [0, 0.1) is 6.92 Å². The molecule has 0 bridgehead atoms. The van der Waals surface area contributed by atoms with E-state index < -0.39 is 15.0 Å². The maximum absolute atomic E-state index is 11.8. The van der Waals surface area contributed by atoms with Crippen molar-refractivity contribution in [3.8, 4) is 0 Å². The molecule has 0 atom stereocenters. The zero-order chi connectivity index (χ0) is 15.9. The number of esters is 1. The smallest absolute Gasteiger partial charge is 0.348 e. The predicted molar refractivity (Wildman–Crippen MR) is 79.7 cm³/mol. The standard InChI is InChI=1S/C12H17ClO6S2/c1-9-11(21(13,15)16)8-10(20-9)12(14)19-5-3-4-18-7-6-17-2/h8H,3-7H2,1-2H3. The van der Waals surface area contributed by atoms with Gasteiger partial charge in [-0.25, -0.2) is 13.2 Å². The van der Waals surface area contributed by atoms with Gasteiger partial charge in [0.1, 0.15) is 4.88 Å². The number of hydrogen-bond acceptors (Lipinski definition) is 7. The molecule has 1 aromatic heterocycles. The highest BCUT2D eigenvalue weighted by Crippen LogP contribution is 2.28. The summed E-state index contributed by atoms with van der Waals surface area (Å²) in [6.07, 6.45) is 0.556. The maximum atomic E-state index is 11.8. The highest BCUT2D eigenvalue weighted by atomic mass is 35.7. The Labute approximate surface area is 132 Å². The molecule has 0 spiro atoms. The van der Waals surface area contributed by atoms with E-state index >= 15 is 0 Å². The Hall–Kier alpha value is -0.670. The Balaban J connectivity index is 2.40. The number of carbonyl (C=O) groups excluding carboxylic acids is 1. The van der Waals surface area contributed by atoms with Crippen LogP contribution >= 0.6 is 22.0 Å². The van der Waals surface area contributed by atoms with Crippen LogP contribution in [0.25, 0.3) is 0 Å². The molecule has 0 fully saturated rings. The molecule has 1 heterocycles. The van der Waals surface area contributed by atoms with Crippen molar-refractivity contribution >= 4 is 37.0 Å². The predicted octanol–water partition coefficient (Wildman–Crippen LogP) is 2.19. The molecular weight excluding hydrogens is 340 g/mol. The van der Waals surface area contributed by atoms with E-state index in [1.54, 1.807) is 14.0 Å². The zero-order valence-electron chi connectivity index (χ0n) is 11.8. The quantitative estimate of drug-likeness (QED) is 0.383. The number of rotatable bonds is 9. The summed E-state index contributed by atoms with van der Waals surface area (Å²) in [7, 11) is 3.01. The topological polar surface area (TPSA) is 78.9 Å². The lowest BCUT2D eigenvalue weighted by Crippen LogP contribution is -2.08. The first-order valence-electron chi connectivity index (χ1n) is 6.15. The van der Waals surface area contributed by atoms with Gasteiger partial charge in [-0.15, -0.1) is 11.3 Å². The minimum Gasteiger partial charge on any atom is -0.461 e. The van der Waals surface area contributed by atoms with E-state index in [1.165, 1.54) is 6.07 Å². The van der Waals surface area contributed by atoms with E-state index in [1.807, 2.05) is 0 Å². The van der Waals surface area contributed by atoms with Gasteiger partial charge in [0.2, 0.25) is 0 Å². The normalized spacial score (nSPS) is 11.6. The molecule has 1 aromatic rings. The van der Waals surface area contributed by atoms with Crippen LogP contribution in [-0.2, 0) is 23.3 Å². The van der Waals surface area contributed by atoms with Gasteiger partial charge in [-0.2, -0.15) is 0 Å². The SMILES string of the molecule is COCCOCCCOC(=O)c1cc(S(=O)(=O)Cl)c(C)s1. The van der Waals surface area contributed by atoms with Crippen LogP contribution in [0.2, 0.25) is 0 Å². The minimum absolute atomic E-state index is 0.0518. The molecular formula is C12H17ClO6S2. The number of carbonyl (C=O) groups is 1. The molecule has 0 unspecified atom stereocenters. The maximum Gasteiger partial charge on any atom is 0.348 e. The van der Waals surface area contributed by atoms with Gasteiger partial charge in [-0.1, -0.05) is 0 Å². The van der Waals surface area contributed by atoms with Gasteiger partial charge in [0.25, 0.3) is 9.05 Å². The highest BCUT2D eigenvalue weighted by Gasteiger charge is 2.20. The van der Waals surface area contributed by atoms with Gasteiger partial charge in [-0.05, 0) is 13.0 Å². The van der Waals surface area contributed by atoms with E-state index in [0.717, 1.165) is 11.3 Å². The van der Waals surface area contributed by atoms with Gasteiger partial charge < -0.3 is 14.2 Å². The van der Waals surface area contributed by atoms with Crippen LogP contribution in [0.3, 0.4) is 0 Å². The number of thiophene rings is 1. The molecule has 6 nitrogen and oxygen atoms in total. The minimum atomic E-state index is -3.84. The van der Waals surface area contributed by atoms with Crippen LogP contribution in [0.1, 0.15) is 21.0 Å². The molecule has 0 amide bonds. The summed E-state index contributed by atoms with van der Waals surface area (Å²) < 4.78 is 37.6. The number of halogens is 1. The first-order valence-corrected chi connectivity index (χ1v) is 9.27. The summed E-state index contributed by atoms with van der Waals surface area (Å²) in [5, 5.41) is 0. The average Bonchev–Trinajstić information content (AvgIpc) is 2.79. The Bertz CT molecular complexity index is 566. The molecule has 0 aromatic carbocycles. The molecule has 0 saturated carbocycles. The van der Waals surface area contributed by atoms with Crippen LogP contribution in [-0.4, -0.2) is 47.9 Å². The Morgan fingerprint density at radius 1 is 1.29 bits per heavy atom. The van der Waals surface area contributed by atoms with Crippen molar-refractivity contribution in [3.63, 3.8) is 0 Å². The lowest BCUT2D eigenvalue weighted by Gasteiger charge is -2.04. The molecule has 0 aliphatic heterocycles. The van der Waals surface area contributed by atoms with Crippen LogP contribution < -0.4 is 0 Å². The second-order valence-corrected chi connectivity index (χ2v) is 7.85.